The van der Waals surface area contributed by atoms with Crippen molar-refractivity contribution in [3.8, 4) is 5.75 Å². The summed E-state index contributed by atoms with van der Waals surface area (Å²) >= 11 is 0. The fourth-order valence-corrected chi connectivity index (χ4v) is 2.51. The molecule has 1 aliphatic rings. The number of ether oxygens (including phenoxy) is 2. The van der Waals surface area contributed by atoms with Gasteiger partial charge in [0.2, 0.25) is 0 Å². The molecule has 1 amide bonds. The summed E-state index contributed by atoms with van der Waals surface area (Å²) in [5.41, 5.74) is -0.448. The van der Waals surface area contributed by atoms with Crippen molar-refractivity contribution in [2.45, 2.75) is 53.1 Å². The average Bonchev–Trinajstić information content (AvgIpc) is 2.48. The van der Waals surface area contributed by atoms with Crippen LogP contribution < -0.4 is 4.74 Å². The number of rotatable bonds is 2. The van der Waals surface area contributed by atoms with Crippen molar-refractivity contribution in [1.29, 1.82) is 0 Å². The van der Waals surface area contributed by atoms with Crippen LogP contribution in [-0.4, -0.2) is 40.6 Å². The van der Waals surface area contributed by atoms with Gasteiger partial charge >= 0.3 is 12.1 Å². The minimum absolute atomic E-state index is 0.276. The summed E-state index contributed by atoms with van der Waals surface area (Å²) in [5, 5.41) is 0. The molecule has 1 fully saturated rings. The van der Waals surface area contributed by atoms with E-state index in [1.165, 1.54) is 0 Å². The van der Waals surface area contributed by atoms with Crippen LogP contribution in [0.5, 0.6) is 5.75 Å². The number of carbonyl (C=O) groups is 2. The van der Waals surface area contributed by atoms with Crippen LogP contribution in [0, 0.1) is 12.3 Å². The van der Waals surface area contributed by atoms with Crippen LogP contribution in [0.25, 0.3) is 0 Å². The molecule has 0 unspecified atom stereocenters. The number of piperidine rings is 1. The molecule has 2 rings (SSSR count). The lowest BCUT2D eigenvalue weighted by atomic mass is 9.80. The zero-order valence-corrected chi connectivity index (χ0v) is 15.1. The lowest BCUT2D eigenvalue weighted by molar-refractivity contribution is -0.147. The molecule has 1 aromatic rings. The number of aromatic nitrogens is 1. The van der Waals surface area contributed by atoms with Gasteiger partial charge in [0, 0.05) is 19.3 Å². The van der Waals surface area contributed by atoms with Gasteiger partial charge in [-0.25, -0.2) is 4.79 Å². The number of hydrogen-bond donors (Lipinski definition) is 0. The van der Waals surface area contributed by atoms with E-state index < -0.39 is 11.0 Å². The predicted molar refractivity (Wildman–Crippen MR) is 89.8 cm³/mol. The highest BCUT2D eigenvalue weighted by Crippen LogP contribution is 2.33. The molecular formula is C18H26N2O4. The Bertz CT molecular complexity index is 614. The van der Waals surface area contributed by atoms with Crippen molar-refractivity contribution >= 4 is 12.1 Å². The smallest absolute Gasteiger partial charge is 0.410 e. The predicted octanol–water partition coefficient (Wildman–Crippen LogP) is 3.33. The minimum Gasteiger partial charge on any atom is -0.444 e. The van der Waals surface area contributed by atoms with Crippen molar-refractivity contribution in [1.82, 2.24) is 9.88 Å². The minimum atomic E-state index is -0.610. The third-order valence-electron chi connectivity index (χ3n) is 4.17. The van der Waals surface area contributed by atoms with Crippen LogP contribution in [0.4, 0.5) is 4.79 Å². The van der Waals surface area contributed by atoms with E-state index in [1.807, 2.05) is 27.7 Å². The van der Waals surface area contributed by atoms with Crippen LogP contribution in [-0.2, 0) is 9.53 Å². The molecule has 0 atom stereocenters. The molecule has 24 heavy (non-hydrogen) atoms. The van der Waals surface area contributed by atoms with Crippen molar-refractivity contribution in [3.63, 3.8) is 0 Å². The van der Waals surface area contributed by atoms with Crippen LogP contribution in [0.2, 0.25) is 0 Å². The molecule has 0 spiro atoms. The highest BCUT2D eigenvalue weighted by atomic mass is 16.6. The summed E-state index contributed by atoms with van der Waals surface area (Å²) in [6, 6.07) is 3.47. The summed E-state index contributed by atoms with van der Waals surface area (Å²) in [6.07, 6.45) is 2.42. The van der Waals surface area contributed by atoms with E-state index in [1.54, 1.807) is 30.2 Å². The number of pyridine rings is 1. The fourth-order valence-electron chi connectivity index (χ4n) is 2.51. The maximum atomic E-state index is 12.6. The molecule has 0 N–H and O–H groups in total. The lowest BCUT2D eigenvalue weighted by Crippen LogP contribution is -2.47. The SMILES string of the molecule is Cc1ncccc1OC(=O)C1(C)CCN(C(=O)OC(C)(C)C)CC1. The topological polar surface area (TPSA) is 68.7 Å². The van der Waals surface area contributed by atoms with Gasteiger partial charge in [0.1, 0.15) is 5.60 Å². The zero-order valence-electron chi connectivity index (χ0n) is 15.1. The quantitative estimate of drug-likeness (QED) is 0.776. The van der Waals surface area contributed by atoms with E-state index in [9.17, 15) is 9.59 Å². The fraction of sp³-hybridized carbons (Fsp3) is 0.611. The second-order valence-corrected chi connectivity index (χ2v) is 7.50. The van der Waals surface area contributed by atoms with Gasteiger partial charge in [-0.15, -0.1) is 0 Å². The van der Waals surface area contributed by atoms with Crippen molar-refractivity contribution in [2.75, 3.05) is 13.1 Å². The molecule has 1 aliphatic heterocycles. The Kier molecular flexibility index (Phi) is 5.16. The normalized spacial score (nSPS) is 17.3. The Hall–Kier alpha value is -2.11. The molecule has 0 saturated carbocycles. The van der Waals surface area contributed by atoms with E-state index in [-0.39, 0.29) is 12.1 Å². The Labute approximate surface area is 143 Å². The second-order valence-electron chi connectivity index (χ2n) is 7.50. The molecule has 0 radical (unpaired) electrons. The Balaban J connectivity index is 1.95. The van der Waals surface area contributed by atoms with Gasteiger partial charge < -0.3 is 14.4 Å². The third kappa shape index (κ3) is 4.46. The van der Waals surface area contributed by atoms with Gasteiger partial charge in [-0.1, -0.05) is 0 Å². The van der Waals surface area contributed by atoms with Gasteiger partial charge in [0.15, 0.2) is 5.75 Å². The van der Waals surface area contributed by atoms with Crippen LogP contribution in [0.3, 0.4) is 0 Å². The van der Waals surface area contributed by atoms with E-state index in [4.69, 9.17) is 9.47 Å². The molecule has 6 nitrogen and oxygen atoms in total. The number of nitrogens with zero attached hydrogens (tertiary/aromatic N) is 2. The number of amides is 1. The number of aryl methyl sites for hydroxylation is 1. The zero-order chi connectivity index (χ0) is 18.0. The number of carbonyl (C=O) groups excluding carboxylic acids is 2. The second kappa shape index (κ2) is 6.79. The molecule has 0 aliphatic carbocycles. The number of likely N-dealkylation sites (tertiary alicyclic amines) is 1. The molecule has 2 heterocycles. The number of hydrogen-bond acceptors (Lipinski definition) is 5. The first-order valence-electron chi connectivity index (χ1n) is 8.23. The van der Waals surface area contributed by atoms with Crippen LogP contribution >= 0.6 is 0 Å². The molecule has 6 heteroatoms. The van der Waals surface area contributed by atoms with Crippen LogP contribution in [0.15, 0.2) is 18.3 Å². The summed E-state index contributed by atoms with van der Waals surface area (Å²) in [7, 11) is 0. The highest BCUT2D eigenvalue weighted by molar-refractivity contribution is 5.79. The first kappa shape index (κ1) is 18.2. The Morgan fingerprint density at radius 3 is 2.42 bits per heavy atom. The largest absolute Gasteiger partial charge is 0.444 e. The summed E-state index contributed by atoms with van der Waals surface area (Å²) < 4.78 is 10.9. The average molecular weight is 334 g/mol. The number of esters is 1. The third-order valence-corrected chi connectivity index (χ3v) is 4.17. The highest BCUT2D eigenvalue weighted by Gasteiger charge is 2.40. The van der Waals surface area contributed by atoms with Gasteiger partial charge in [-0.3, -0.25) is 9.78 Å². The lowest BCUT2D eigenvalue weighted by Gasteiger charge is -2.37. The Morgan fingerprint density at radius 1 is 1.25 bits per heavy atom. The summed E-state index contributed by atoms with van der Waals surface area (Å²) in [4.78, 5) is 30.4. The van der Waals surface area contributed by atoms with Crippen molar-refractivity contribution in [3.05, 3.63) is 24.0 Å². The monoisotopic (exact) mass is 334 g/mol. The molecule has 0 bridgehead atoms. The van der Waals surface area contributed by atoms with E-state index in [0.717, 1.165) is 0 Å². The standard InChI is InChI=1S/C18H26N2O4/c1-13-14(7-6-10-19-13)23-15(21)18(5)8-11-20(12-9-18)16(22)24-17(2,3)4/h6-7,10H,8-9,11-12H2,1-5H3. The molecule has 1 aromatic heterocycles. The Morgan fingerprint density at radius 2 is 1.88 bits per heavy atom. The summed E-state index contributed by atoms with van der Waals surface area (Å²) in [6.45, 7) is 10.2. The van der Waals surface area contributed by atoms with Gasteiger partial charge in [-0.2, -0.15) is 0 Å². The molecule has 0 aromatic carbocycles. The first-order chi connectivity index (χ1) is 11.1. The van der Waals surface area contributed by atoms with Gasteiger partial charge in [0.05, 0.1) is 11.1 Å². The summed E-state index contributed by atoms with van der Waals surface area (Å²) in [5.74, 6) is 0.209. The first-order valence-corrected chi connectivity index (χ1v) is 8.23. The molecule has 1 saturated heterocycles. The maximum Gasteiger partial charge on any atom is 0.410 e. The molecule has 132 valence electrons. The van der Waals surface area contributed by atoms with Gasteiger partial charge in [0.25, 0.3) is 0 Å². The van der Waals surface area contributed by atoms with E-state index in [0.29, 0.717) is 37.4 Å². The molecular weight excluding hydrogens is 308 g/mol. The van der Waals surface area contributed by atoms with Gasteiger partial charge in [-0.05, 0) is 59.6 Å². The maximum absolute atomic E-state index is 12.6. The van der Waals surface area contributed by atoms with Crippen LogP contribution in [0.1, 0.15) is 46.2 Å². The van der Waals surface area contributed by atoms with Crippen molar-refractivity contribution in [2.24, 2.45) is 5.41 Å². The van der Waals surface area contributed by atoms with E-state index in [2.05, 4.69) is 4.98 Å². The van der Waals surface area contributed by atoms with E-state index >= 15 is 0 Å². The van der Waals surface area contributed by atoms with Crippen molar-refractivity contribution < 1.29 is 19.1 Å².